The molecule has 0 amide bonds. The third-order valence-electron chi connectivity index (χ3n) is 16.5. The largest absolute Gasteiger partial charge is 0.310 e. The first-order valence-corrected chi connectivity index (χ1v) is 26.3. The summed E-state index contributed by atoms with van der Waals surface area (Å²) >= 11 is 0. The lowest BCUT2D eigenvalue weighted by Gasteiger charge is -2.39. The van der Waals surface area contributed by atoms with Crippen molar-refractivity contribution in [3.05, 3.63) is 307 Å². The topological polar surface area (TPSA) is 13.1 Å². The van der Waals surface area contributed by atoms with Crippen LogP contribution in [0.5, 0.6) is 0 Å². The normalized spacial score (nSPS) is 12.8. The summed E-state index contributed by atoms with van der Waals surface area (Å²) in [7, 11) is 0. The quantitative estimate of drug-likeness (QED) is 0.155. The molecule has 0 saturated heterocycles. The van der Waals surface area contributed by atoms with E-state index >= 15 is 0 Å². The molecular weight excluding hydrogens is 919 g/mol. The highest BCUT2D eigenvalue weighted by atomic mass is 15.1. The van der Waals surface area contributed by atoms with Crippen LogP contribution >= 0.6 is 0 Å². The Balaban J connectivity index is 0.899. The summed E-state index contributed by atoms with van der Waals surface area (Å²) in [5.41, 5.74) is 25.0. The van der Waals surface area contributed by atoms with Crippen LogP contribution in [0.3, 0.4) is 0 Å². The summed E-state index contributed by atoms with van der Waals surface area (Å²) < 4.78 is 4.94. The predicted molar refractivity (Wildman–Crippen MR) is 317 cm³/mol. The summed E-state index contributed by atoms with van der Waals surface area (Å²) in [4.78, 5) is 2.47. The van der Waals surface area contributed by atoms with Gasteiger partial charge in [0.05, 0.1) is 38.9 Å². The summed E-state index contributed by atoms with van der Waals surface area (Å²) in [6.45, 7) is 0. The van der Waals surface area contributed by atoms with Gasteiger partial charge < -0.3 is 14.0 Å². The van der Waals surface area contributed by atoms with Gasteiger partial charge in [0.1, 0.15) is 0 Å². The van der Waals surface area contributed by atoms with Crippen LogP contribution in [-0.2, 0) is 5.41 Å². The van der Waals surface area contributed by atoms with Gasteiger partial charge in [0.25, 0.3) is 0 Å². The molecule has 3 heterocycles. The molecule has 0 unspecified atom stereocenters. The molecule has 2 aromatic heterocycles. The Morgan fingerprint density at radius 2 is 0.803 bits per heavy atom. The van der Waals surface area contributed by atoms with Gasteiger partial charge in [-0.1, -0.05) is 218 Å². The van der Waals surface area contributed by atoms with Gasteiger partial charge in [0.15, 0.2) is 0 Å². The van der Waals surface area contributed by atoms with Gasteiger partial charge in [-0.2, -0.15) is 0 Å². The van der Waals surface area contributed by atoms with Gasteiger partial charge in [-0.15, -0.1) is 0 Å². The average molecular weight is 966 g/mol. The van der Waals surface area contributed by atoms with Crippen molar-refractivity contribution >= 4 is 60.7 Å². The molecule has 16 rings (SSSR count). The third kappa shape index (κ3) is 5.99. The number of hydrogen-bond acceptors (Lipinski definition) is 1. The van der Waals surface area contributed by atoms with Gasteiger partial charge in [0.2, 0.25) is 0 Å². The molecule has 0 bridgehead atoms. The lowest BCUT2D eigenvalue weighted by Crippen LogP contribution is -2.33. The Morgan fingerprint density at radius 1 is 0.276 bits per heavy atom. The molecular formula is C73H47N3. The predicted octanol–water partition coefficient (Wildman–Crippen LogP) is 19.0. The number of fused-ring (bicyclic) bond motifs is 15. The van der Waals surface area contributed by atoms with Crippen molar-refractivity contribution in [1.82, 2.24) is 9.13 Å². The van der Waals surface area contributed by atoms with E-state index in [1.54, 1.807) is 0 Å². The van der Waals surface area contributed by atoms with Crippen molar-refractivity contribution in [2.45, 2.75) is 5.41 Å². The van der Waals surface area contributed by atoms with E-state index in [0.717, 1.165) is 39.4 Å². The maximum atomic E-state index is 2.55. The van der Waals surface area contributed by atoms with E-state index in [0.29, 0.717) is 0 Å². The van der Waals surface area contributed by atoms with E-state index < -0.39 is 5.41 Å². The number of aromatic nitrogens is 2. The highest BCUT2D eigenvalue weighted by Gasteiger charge is 2.50. The van der Waals surface area contributed by atoms with Crippen LogP contribution in [0.2, 0.25) is 0 Å². The second-order valence-corrected chi connectivity index (χ2v) is 20.3. The zero-order valence-electron chi connectivity index (χ0n) is 41.5. The van der Waals surface area contributed by atoms with Crippen LogP contribution < -0.4 is 4.90 Å². The van der Waals surface area contributed by atoms with Gasteiger partial charge in [-0.25, -0.2) is 0 Å². The molecule has 354 valence electrons. The molecule has 0 saturated carbocycles. The highest BCUT2D eigenvalue weighted by Crippen LogP contribution is 2.61. The fraction of sp³-hybridized carbons (Fsp3) is 0.0137. The number of nitrogens with zero attached hydrogens (tertiary/aromatic N) is 3. The van der Waals surface area contributed by atoms with E-state index in [1.807, 2.05) is 0 Å². The minimum atomic E-state index is -0.474. The van der Waals surface area contributed by atoms with Crippen LogP contribution in [0.25, 0.3) is 99.5 Å². The van der Waals surface area contributed by atoms with Crippen LogP contribution in [0, 0.1) is 0 Å². The highest BCUT2D eigenvalue weighted by molar-refractivity contribution is 6.14. The van der Waals surface area contributed by atoms with Crippen LogP contribution in [0.1, 0.15) is 22.3 Å². The standard InChI is InChI=1S/C73H47N3/c1-2-20-49(21-3-1)54-24-4-5-25-55(54)58-28-8-14-36-67(58)74(51-42-40-48(41-43-51)50-22-18-23-52(46-50)75-68-37-15-9-29-59(68)60-30-10-16-38-69(60)75)53-44-45-70-62(47-53)61-31-19-35-66-72(61)76(70)71-39-17-13-34-65(71)73(66)63-32-11-6-26-56(63)57-27-7-12-33-64(57)73/h1-47H. The number of hydrogen-bond donors (Lipinski definition) is 0. The van der Waals surface area contributed by atoms with Gasteiger partial charge in [-0.05, 0) is 128 Å². The van der Waals surface area contributed by atoms with Gasteiger partial charge in [-0.3, -0.25) is 0 Å². The molecule has 1 aliphatic heterocycles. The smallest absolute Gasteiger partial charge is 0.0754 e. The number of benzene rings is 12. The number of para-hydroxylation sites is 5. The van der Waals surface area contributed by atoms with Crippen molar-refractivity contribution in [2.24, 2.45) is 0 Å². The molecule has 0 fully saturated rings. The Hall–Kier alpha value is -9.96. The van der Waals surface area contributed by atoms with Gasteiger partial charge in [0, 0.05) is 44.2 Å². The second-order valence-electron chi connectivity index (χ2n) is 20.3. The lowest BCUT2D eigenvalue weighted by molar-refractivity contribution is 0.748. The molecule has 1 aliphatic carbocycles. The lowest BCUT2D eigenvalue weighted by atomic mass is 9.65. The van der Waals surface area contributed by atoms with E-state index in [9.17, 15) is 0 Å². The minimum absolute atomic E-state index is 0.474. The summed E-state index contributed by atoms with van der Waals surface area (Å²) in [5, 5.41) is 4.97. The van der Waals surface area contributed by atoms with Crippen molar-refractivity contribution < 1.29 is 0 Å². The minimum Gasteiger partial charge on any atom is -0.310 e. The van der Waals surface area contributed by atoms with Crippen molar-refractivity contribution in [3.8, 4) is 55.9 Å². The van der Waals surface area contributed by atoms with Crippen molar-refractivity contribution in [3.63, 3.8) is 0 Å². The third-order valence-corrected chi connectivity index (χ3v) is 16.5. The average Bonchev–Trinajstić information content (AvgIpc) is 3.98. The fourth-order valence-corrected chi connectivity index (χ4v) is 13.4. The number of rotatable bonds is 7. The van der Waals surface area contributed by atoms with Gasteiger partial charge >= 0.3 is 0 Å². The first kappa shape index (κ1) is 42.5. The van der Waals surface area contributed by atoms with Crippen LogP contribution in [0.15, 0.2) is 285 Å². The number of anilines is 3. The van der Waals surface area contributed by atoms with Crippen LogP contribution in [0.4, 0.5) is 17.1 Å². The van der Waals surface area contributed by atoms with E-state index in [2.05, 4.69) is 299 Å². The summed E-state index contributed by atoms with van der Waals surface area (Å²) in [6, 6.07) is 106. The summed E-state index contributed by atoms with van der Waals surface area (Å²) in [5.74, 6) is 0. The maximum Gasteiger partial charge on any atom is 0.0754 e. The van der Waals surface area contributed by atoms with E-state index in [1.165, 1.54) is 99.4 Å². The molecule has 0 radical (unpaired) electrons. The van der Waals surface area contributed by atoms with Crippen molar-refractivity contribution in [2.75, 3.05) is 4.90 Å². The Morgan fingerprint density at radius 3 is 1.54 bits per heavy atom. The first-order valence-electron chi connectivity index (χ1n) is 26.3. The Bertz CT molecular complexity index is 4550. The monoisotopic (exact) mass is 965 g/mol. The SMILES string of the molecule is c1ccc(-c2ccccc2-c2ccccc2N(c2ccc(-c3cccc(-n4c5ccccc5c5ccccc54)c3)cc2)c2ccc3c(c2)c2cccc4c2n3-c2ccccc2C42c3ccccc3-c3ccccc32)cc1. The molecule has 1 spiro atoms. The molecule has 3 nitrogen and oxygen atoms in total. The molecule has 3 heteroatoms. The van der Waals surface area contributed by atoms with E-state index in [4.69, 9.17) is 0 Å². The zero-order valence-corrected chi connectivity index (χ0v) is 41.5. The molecule has 12 aromatic carbocycles. The van der Waals surface area contributed by atoms with Crippen LogP contribution in [-0.4, -0.2) is 9.13 Å². The molecule has 14 aromatic rings. The summed E-state index contributed by atoms with van der Waals surface area (Å²) in [6.07, 6.45) is 0. The Kier molecular flexibility index (Phi) is 9.25. The second kappa shape index (κ2) is 16.5. The molecule has 0 atom stereocenters. The zero-order chi connectivity index (χ0) is 49.9. The molecule has 2 aliphatic rings. The van der Waals surface area contributed by atoms with E-state index in [-0.39, 0.29) is 0 Å². The fourth-order valence-electron chi connectivity index (χ4n) is 13.4. The Labute approximate surface area is 441 Å². The molecule has 76 heavy (non-hydrogen) atoms. The van der Waals surface area contributed by atoms with Crippen molar-refractivity contribution in [1.29, 1.82) is 0 Å². The molecule has 0 N–H and O–H groups in total. The maximum absolute atomic E-state index is 2.55. The first-order chi connectivity index (χ1) is 37.7.